The molecule has 3 N–H and O–H groups in total. The van der Waals surface area contributed by atoms with Gasteiger partial charge in [0.2, 0.25) is 10.0 Å². The van der Waals surface area contributed by atoms with Crippen molar-refractivity contribution in [1.82, 2.24) is 19.9 Å². The number of carbonyl (C=O) groups excluding carboxylic acids is 1. The van der Waals surface area contributed by atoms with Crippen LogP contribution in [-0.2, 0) is 10.0 Å². The van der Waals surface area contributed by atoms with Crippen LogP contribution in [-0.4, -0.2) is 68.3 Å². The van der Waals surface area contributed by atoms with E-state index in [1.165, 1.54) is 16.6 Å². The van der Waals surface area contributed by atoms with Crippen LogP contribution >= 0.6 is 24.2 Å². The number of carbonyl (C=O) groups is 1. The summed E-state index contributed by atoms with van der Waals surface area (Å²) in [5, 5.41) is 5.62. The van der Waals surface area contributed by atoms with E-state index in [1.54, 1.807) is 18.8 Å². The Bertz CT molecular complexity index is 585. The fraction of sp³-hybridized carbons (Fsp3) is 0.583. The standard InChI is InChI=1S/C12H20N4O3S2.ClH/c1-13-2-3-14-12(17)11-8-10(9-15-11)21(18,19)16-4-6-20-7-5-16;/h8-9,13,15H,2-7H2,1H3,(H,14,17);1H. The molecule has 1 saturated heterocycles. The maximum Gasteiger partial charge on any atom is 0.267 e. The van der Waals surface area contributed by atoms with Gasteiger partial charge in [0.25, 0.3) is 5.91 Å². The van der Waals surface area contributed by atoms with Crippen LogP contribution in [0.15, 0.2) is 17.2 Å². The molecule has 1 aromatic rings. The Morgan fingerprint density at radius 2 is 2.05 bits per heavy atom. The van der Waals surface area contributed by atoms with Gasteiger partial charge in [-0.3, -0.25) is 4.79 Å². The Labute approximate surface area is 141 Å². The number of H-pyrrole nitrogens is 1. The first-order chi connectivity index (χ1) is 10.1. The van der Waals surface area contributed by atoms with Gasteiger partial charge < -0.3 is 15.6 Å². The SMILES string of the molecule is CNCCNC(=O)c1cc(S(=O)(=O)N2CCSCC2)c[nH]1.Cl. The highest BCUT2D eigenvalue weighted by Crippen LogP contribution is 2.20. The predicted molar refractivity (Wildman–Crippen MR) is 90.4 cm³/mol. The van der Waals surface area contributed by atoms with E-state index in [9.17, 15) is 13.2 Å². The molecule has 126 valence electrons. The summed E-state index contributed by atoms with van der Waals surface area (Å²) in [4.78, 5) is 14.7. The number of aromatic nitrogens is 1. The summed E-state index contributed by atoms with van der Waals surface area (Å²) in [7, 11) is -1.71. The topological polar surface area (TPSA) is 94.3 Å². The average molecular weight is 369 g/mol. The molecule has 22 heavy (non-hydrogen) atoms. The molecule has 0 aromatic carbocycles. The van der Waals surface area contributed by atoms with Gasteiger partial charge in [-0.05, 0) is 13.1 Å². The minimum atomic E-state index is -3.50. The van der Waals surface area contributed by atoms with Crippen LogP contribution in [0.2, 0.25) is 0 Å². The van der Waals surface area contributed by atoms with Gasteiger partial charge in [0, 0.05) is 43.9 Å². The number of aromatic amines is 1. The molecule has 7 nitrogen and oxygen atoms in total. The second kappa shape index (κ2) is 8.78. The first kappa shape index (κ1) is 19.3. The molecular weight excluding hydrogens is 348 g/mol. The number of likely N-dealkylation sites (N-methyl/N-ethyl adjacent to an activating group) is 1. The minimum Gasteiger partial charge on any atom is -0.356 e. The fourth-order valence-corrected chi connectivity index (χ4v) is 4.56. The normalized spacial score (nSPS) is 16.0. The Kier molecular flexibility index (Phi) is 7.70. The molecule has 0 bridgehead atoms. The lowest BCUT2D eigenvalue weighted by atomic mass is 10.4. The highest BCUT2D eigenvalue weighted by Gasteiger charge is 2.27. The van der Waals surface area contributed by atoms with E-state index in [-0.39, 0.29) is 28.9 Å². The van der Waals surface area contributed by atoms with Gasteiger partial charge in [0.15, 0.2) is 0 Å². The number of amides is 1. The molecule has 1 amide bonds. The molecule has 2 heterocycles. The van der Waals surface area contributed by atoms with E-state index in [2.05, 4.69) is 15.6 Å². The summed E-state index contributed by atoms with van der Waals surface area (Å²) in [5.41, 5.74) is 0.260. The Balaban J connectivity index is 0.00000242. The molecule has 0 spiro atoms. The quantitative estimate of drug-likeness (QED) is 0.620. The number of thioether (sulfide) groups is 1. The molecule has 1 aliphatic rings. The number of hydrogen-bond donors (Lipinski definition) is 3. The highest BCUT2D eigenvalue weighted by molar-refractivity contribution is 7.99. The molecule has 0 aliphatic carbocycles. The van der Waals surface area contributed by atoms with Crippen LogP contribution in [0.25, 0.3) is 0 Å². The molecule has 1 fully saturated rings. The third kappa shape index (κ3) is 4.63. The molecule has 0 saturated carbocycles. The summed E-state index contributed by atoms with van der Waals surface area (Å²) < 4.78 is 26.3. The van der Waals surface area contributed by atoms with E-state index in [0.717, 1.165) is 11.5 Å². The number of halogens is 1. The van der Waals surface area contributed by atoms with Crippen molar-refractivity contribution in [2.24, 2.45) is 0 Å². The highest BCUT2D eigenvalue weighted by atomic mass is 35.5. The monoisotopic (exact) mass is 368 g/mol. The second-order valence-electron chi connectivity index (χ2n) is 4.62. The lowest BCUT2D eigenvalue weighted by Crippen LogP contribution is -2.37. The molecule has 2 rings (SSSR count). The van der Waals surface area contributed by atoms with E-state index in [1.807, 2.05) is 0 Å². The smallest absolute Gasteiger partial charge is 0.267 e. The van der Waals surface area contributed by atoms with Crippen LogP contribution in [0.3, 0.4) is 0 Å². The van der Waals surface area contributed by atoms with Gasteiger partial charge in [0.05, 0.1) is 0 Å². The second-order valence-corrected chi connectivity index (χ2v) is 7.79. The number of rotatable bonds is 6. The predicted octanol–water partition coefficient (Wildman–Crippen LogP) is 0.123. The van der Waals surface area contributed by atoms with Crippen molar-refractivity contribution in [3.05, 3.63) is 18.0 Å². The molecular formula is C12H21ClN4O3S2. The number of nitrogens with zero attached hydrogens (tertiary/aromatic N) is 1. The number of sulfonamides is 1. The molecule has 0 atom stereocenters. The van der Waals surface area contributed by atoms with Crippen LogP contribution < -0.4 is 10.6 Å². The summed E-state index contributed by atoms with van der Waals surface area (Å²) >= 11 is 1.75. The van der Waals surface area contributed by atoms with Crippen molar-refractivity contribution in [3.8, 4) is 0 Å². The fourth-order valence-electron chi connectivity index (χ4n) is 1.99. The summed E-state index contributed by atoms with van der Waals surface area (Å²) in [6.07, 6.45) is 1.38. The average Bonchev–Trinajstić information content (AvgIpc) is 2.99. The van der Waals surface area contributed by atoms with Crippen LogP contribution in [0.1, 0.15) is 10.5 Å². The van der Waals surface area contributed by atoms with E-state index in [4.69, 9.17) is 0 Å². The first-order valence-electron chi connectivity index (χ1n) is 6.75. The summed E-state index contributed by atoms with van der Waals surface area (Å²) in [6, 6.07) is 1.39. The van der Waals surface area contributed by atoms with Crippen molar-refractivity contribution in [3.63, 3.8) is 0 Å². The molecule has 1 aromatic heterocycles. The van der Waals surface area contributed by atoms with Crippen LogP contribution in [0, 0.1) is 0 Å². The van der Waals surface area contributed by atoms with Gasteiger partial charge in [0.1, 0.15) is 10.6 Å². The summed E-state index contributed by atoms with van der Waals surface area (Å²) in [6.45, 7) is 2.17. The zero-order valence-corrected chi connectivity index (χ0v) is 14.7. The zero-order valence-electron chi connectivity index (χ0n) is 12.3. The third-order valence-electron chi connectivity index (χ3n) is 3.17. The van der Waals surface area contributed by atoms with Crippen molar-refractivity contribution in [2.45, 2.75) is 4.90 Å². The maximum atomic E-state index is 12.4. The van der Waals surface area contributed by atoms with Crippen molar-refractivity contribution in [2.75, 3.05) is 44.7 Å². The van der Waals surface area contributed by atoms with E-state index in [0.29, 0.717) is 26.2 Å². The van der Waals surface area contributed by atoms with Crippen LogP contribution in [0.4, 0.5) is 0 Å². The van der Waals surface area contributed by atoms with Gasteiger partial charge in [-0.15, -0.1) is 12.4 Å². The van der Waals surface area contributed by atoms with Gasteiger partial charge >= 0.3 is 0 Å². The van der Waals surface area contributed by atoms with E-state index < -0.39 is 10.0 Å². The zero-order chi connectivity index (χ0) is 15.3. The minimum absolute atomic E-state index is 0. The molecule has 1 aliphatic heterocycles. The summed E-state index contributed by atoms with van der Waals surface area (Å²) in [5.74, 6) is 1.31. The Morgan fingerprint density at radius 3 is 2.68 bits per heavy atom. The van der Waals surface area contributed by atoms with Gasteiger partial charge in [-0.25, -0.2) is 8.42 Å². The van der Waals surface area contributed by atoms with Crippen molar-refractivity contribution in [1.29, 1.82) is 0 Å². The van der Waals surface area contributed by atoms with Crippen LogP contribution in [0.5, 0.6) is 0 Å². The maximum absolute atomic E-state index is 12.4. The van der Waals surface area contributed by atoms with E-state index >= 15 is 0 Å². The van der Waals surface area contributed by atoms with Gasteiger partial charge in [-0.2, -0.15) is 16.1 Å². The number of nitrogens with one attached hydrogen (secondary N) is 3. The van der Waals surface area contributed by atoms with Gasteiger partial charge in [-0.1, -0.05) is 0 Å². The molecule has 0 unspecified atom stereocenters. The largest absolute Gasteiger partial charge is 0.356 e. The lowest BCUT2D eigenvalue weighted by Gasteiger charge is -2.24. The van der Waals surface area contributed by atoms with Crippen molar-refractivity contribution >= 4 is 40.1 Å². The number of hydrogen-bond acceptors (Lipinski definition) is 5. The molecule has 10 heteroatoms. The Morgan fingerprint density at radius 1 is 1.36 bits per heavy atom. The third-order valence-corrected chi connectivity index (χ3v) is 5.99. The van der Waals surface area contributed by atoms with Crippen molar-refractivity contribution < 1.29 is 13.2 Å². The Hall–Kier alpha value is -0.740. The first-order valence-corrected chi connectivity index (χ1v) is 9.34. The lowest BCUT2D eigenvalue weighted by molar-refractivity contribution is 0.0949. The molecule has 0 radical (unpaired) electrons.